The monoisotopic (exact) mass is 370 g/mol. The lowest BCUT2D eigenvalue weighted by Gasteiger charge is -2.34. The highest BCUT2D eigenvalue weighted by Crippen LogP contribution is 2.18. The van der Waals surface area contributed by atoms with Gasteiger partial charge in [0.1, 0.15) is 11.5 Å². The molecule has 0 aliphatic carbocycles. The number of piperazine rings is 1. The van der Waals surface area contributed by atoms with Crippen LogP contribution in [-0.2, 0) is 4.79 Å². The first-order valence-electron chi connectivity index (χ1n) is 9.41. The van der Waals surface area contributed by atoms with Gasteiger partial charge in [0.05, 0.1) is 13.2 Å². The van der Waals surface area contributed by atoms with E-state index in [1.54, 1.807) is 18.5 Å². The Bertz CT molecular complexity index is 701. The molecule has 1 aromatic carbocycles. The van der Waals surface area contributed by atoms with Gasteiger partial charge < -0.3 is 19.3 Å². The van der Waals surface area contributed by atoms with Gasteiger partial charge in [-0.1, -0.05) is 0 Å². The zero-order chi connectivity index (χ0) is 18.9. The van der Waals surface area contributed by atoms with Gasteiger partial charge in [-0.25, -0.2) is 9.97 Å². The molecule has 1 aromatic heterocycles. The van der Waals surface area contributed by atoms with Gasteiger partial charge in [0.25, 0.3) is 0 Å². The van der Waals surface area contributed by atoms with Crippen LogP contribution in [0.25, 0.3) is 0 Å². The van der Waals surface area contributed by atoms with Crippen molar-refractivity contribution in [3.05, 3.63) is 42.7 Å². The van der Waals surface area contributed by atoms with Gasteiger partial charge >= 0.3 is 0 Å². The average molecular weight is 370 g/mol. The molecule has 0 spiro atoms. The summed E-state index contributed by atoms with van der Waals surface area (Å²) in [5, 5.41) is 0. The Labute approximate surface area is 159 Å². The summed E-state index contributed by atoms with van der Waals surface area (Å²) in [5.41, 5.74) is 0. The first-order valence-corrected chi connectivity index (χ1v) is 9.41. The number of benzene rings is 1. The molecule has 7 heteroatoms. The van der Waals surface area contributed by atoms with Gasteiger partial charge in [0, 0.05) is 45.0 Å². The van der Waals surface area contributed by atoms with Gasteiger partial charge in [-0.05, 0) is 43.7 Å². The SMILES string of the molecule is CCOc1ccc(OCCCC(=O)N2CCN(c3ncccn3)CC2)cc1. The largest absolute Gasteiger partial charge is 0.494 e. The third-order valence-corrected chi connectivity index (χ3v) is 4.41. The quantitative estimate of drug-likeness (QED) is 0.665. The van der Waals surface area contributed by atoms with Crippen molar-refractivity contribution < 1.29 is 14.3 Å². The molecule has 1 saturated heterocycles. The second-order valence-corrected chi connectivity index (χ2v) is 6.27. The molecular formula is C20H26N4O3. The summed E-state index contributed by atoms with van der Waals surface area (Å²) < 4.78 is 11.1. The number of hydrogen-bond donors (Lipinski definition) is 0. The number of anilines is 1. The molecule has 0 saturated carbocycles. The van der Waals surface area contributed by atoms with Crippen LogP contribution >= 0.6 is 0 Å². The fraction of sp³-hybridized carbons (Fsp3) is 0.450. The molecule has 0 radical (unpaired) electrons. The van der Waals surface area contributed by atoms with E-state index in [4.69, 9.17) is 9.47 Å². The highest BCUT2D eigenvalue weighted by Gasteiger charge is 2.21. The molecule has 1 aliphatic rings. The van der Waals surface area contributed by atoms with Crippen LogP contribution < -0.4 is 14.4 Å². The standard InChI is InChI=1S/C20H26N4O3/c1-2-26-17-6-8-18(9-7-17)27-16-3-5-19(25)23-12-14-24(15-13-23)20-21-10-4-11-22-20/h4,6-11H,2-3,5,12-16H2,1H3. The summed E-state index contributed by atoms with van der Waals surface area (Å²) >= 11 is 0. The minimum absolute atomic E-state index is 0.180. The summed E-state index contributed by atoms with van der Waals surface area (Å²) in [7, 11) is 0. The average Bonchev–Trinajstić information content (AvgIpc) is 2.73. The fourth-order valence-electron chi connectivity index (χ4n) is 2.98. The zero-order valence-electron chi connectivity index (χ0n) is 15.7. The molecule has 0 bridgehead atoms. The maximum atomic E-state index is 12.4. The number of nitrogens with zero attached hydrogens (tertiary/aromatic N) is 4. The van der Waals surface area contributed by atoms with Crippen LogP contribution in [0.5, 0.6) is 11.5 Å². The van der Waals surface area contributed by atoms with E-state index in [1.807, 2.05) is 36.1 Å². The molecule has 7 nitrogen and oxygen atoms in total. The summed E-state index contributed by atoms with van der Waals surface area (Å²) in [6.07, 6.45) is 4.68. The Hall–Kier alpha value is -2.83. The van der Waals surface area contributed by atoms with Crippen LogP contribution in [0.15, 0.2) is 42.7 Å². The van der Waals surface area contributed by atoms with Crippen molar-refractivity contribution in [2.75, 3.05) is 44.3 Å². The molecule has 2 aromatic rings. The number of aromatic nitrogens is 2. The molecule has 0 N–H and O–H groups in total. The lowest BCUT2D eigenvalue weighted by molar-refractivity contribution is -0.131. The maximum Gasteiger partial charge on any atom is 0.225 e. The molecular weight excluding hydrogens is 344 g/mol. The van der Waals surface area contributed by atoms with Crippen molar-refractivity contribution in [2.45, 2.75) is 19.8 Å². The second-order valence-electron chi connectivity index (χ2n) is 6.27. The molecule has 1 amide bonds. The predicted octanol–water partition coefficient (Wildman–Crippen LogP) is 2.38. The maximum absolute atomic E-state index is 12.4. The molecule has 0 unspecified atom stereocenters. The van der Waals surface area contributed by atoms with Crippen molar-refractivity contribution >= 4 is 11.9 Å². The minimum atomic E-state index is 0.180. The fourth-order valence-corrected chi connectivity index (χ4v) is 2.98. The smallest absolute Gasteiger partial charge is 0.225 e. The minimum Gasteiger partial charge on any atom is -0.494 e. The van der Waals surface area contributed by atoms with E-state index in [0.717, 1.165) is 30.5 Å². The van der Waals surface area contributed by atoms with Gasteiger partial charge in [0.2, 0.25) is 11.9 Å². The number of hydrogen-bond acceptors (Lipinski definition) is 6. The van der Waals surface area contributed by atoms with Crippen LogP contribution in [0.3, 0.4) is 0 Å². The molecule has 1 aliphatic heterocycles. The van der Waals surface area contributed by atoms with Crippen LogP contribution in [-0.4, -0.2) is 60.2 Å². The van der Waals surface area contributed by atoms with Crippen molar-refractivity contribution in [1.29, 1.82) is 0 Å². The number of rotatable bonds is 8. The van der Waals surface area contributed by atoms with Gasteiger partial charge in [-0.15, -0.1) is 0 Å². The third-order valence-electron chi connectivity index (χ3n) is 4.41. The van der Waals surface area contributed by atoms with Gasteiger partial charge in [0.15, 0.2) is 0 Å². The summed E-state index contributed by atoms with van der Waals surface area (Å²) in [6.45, 7) is 6.06. The Kier molecular flexibility index (Phi) is 6.84. The lowest BCUT2D eigenvalue weighted by Crippen LogP contribution is -2.49. The van der Waals surface area contributed by atoms with E-state index in [0.29, 0.717) is 39.1 Å². The third kappa shape index (κ3) is 5.57. The lowest BCUT2D eigenvalue weighted by atomic mass is 10.2. The van der Waals surface area contributed by atoms with E-state index < -0.39 is 0 Å². The summed E-state index contributed by atoms with van der Waals surface area (Å²) in [6, 6.07) is 9.36. The Morgan fingerprint density at radius 3 is 2.26 bits per heavy atom. The van der Waals surface area contributed by atoms with Crippen molar-refractivity contribution in [3.63, 3.8) is 0 Å². The second kappa shape index (κ2) is 9.75. The normalized spacial score (nSPS) is 14.1. The van der Waals surface area contributed by atoms with Crippen molar-refractivity contribution in [2.24, 2.45) is 0 Å². The highest BCUT2D eigenvalue weighted by molar-refractivity contribution is 5.76. The number of ether oxygens (including phenoxy) is 2. The molecule has 27 heavy (non-hydrogen) atoms. The molecule has 3 rings (SSSR count). The highest BCUT2D eigenvalue weighted by atomic mass is 16.5. The zero-order valence-corrected chi connectivity index (χ0v) is 15.7. The molecule has 144 valence electrons. The molecule has 1 fully saturated rings. The Morgan fingerprint density at radius 2 is 1.63 bits per heavy atom. The van der Waals surface area contributed by atoms with E-state index in [9.17, 15) is 4.79 Å². The van der Waals surface area contributed by atoms with E-state index >= 15 is 0 Å². The number of amides is 1. The molecule has 2 heterocycles. The summed E-state index contributed by atoms with van der Waals surface area (Å²) in [5.74, 6) is 2.54. The van der Waals surface area contributed by atoms with E-state index in [-0.39, 0.29) is 5.91 Å². The van der Waals surface area contributed by atoms with Crippen LogP contribution in [0, 0.1) is 0 Å². The van der Waals surface area contributed by atoms with Gasteiger partial charge in [-0.3, -0.25) is 4.79 Å². The van der Waals surface area contributed by atoms with E-state index in [2.05, 4.69) is 14.9 Å². The van der Waals surface area contributed by atoms with Gasteiger partial charge in [-0.2, -0.15) is 0 Å². The van der Waals surface area contributed by atoms with Crippen LogP contribution in [0.2, 0.25) is 0 Å². The first kappa shape index (κ1) is 18.9. The van der Waals surface area contributed by atoms with Crippen LogP contribution in [0.1, 0.15) is 19.8 Å². The van der Waals surface area contributed by atoms with Crippen molar-refractivity contribution in [3.8, 4) is 11.5 Å². The van der Waals surface area contributed by atoms with Crippen molar-refractivity contribution in [1.82, 2.24) is 14.9 Å². The number of carbonyl (C=O) groups excluding carboxylic acids is 1. The van der Waals surface area contributed by atoms with Crippen LogP contribution in [0.4, 0.5) is 5.95 Å². The first-order chi connectivity index (χ1) is 13.3. The Morgan fingerprint density at radius 1 is 1.00 bits per heavy atom. The molecule has 0 atom stereocenters. The Balaban J connectivity index is 1.34. The summed E-state index contributed by atoms with van der Waals surface area (Å²) in [4.78, 5) is 24.9. The van der Waals surface area contributed by atoms with E-state index in [1.165, 1.54) is 0 Å². The number of carbonyl (C=O) groups is 1. The predicted molar refractivity (Wildman–Crippen MR) is 103 cm³/mol. The topological polar surface area (TPSA) is 67.8 Å².